The molecule has 2 nitrogen and oxygen atoms in total. The number of carboxylic acids is 1. The van der Waals surface area contributed by atoms with Crippen LogP contribution in [0.3, 0.4) is 0 Å². The molecule has 0 aromatic heterocycles. The number of benzene rings is 1. The molecule has 6 heteroatoms. The highest BCUT2D eigenvalue weighted by atomic mass is 79.9. The Kier molecular flexibility index (Phi) is 6.10. The molecule has 0 saturated carbocycles. The molecule has 0 unspecified atom stereocenters. The van der Waals surface area contributed by atoms with Gasteiger partial charge in [-0.3, -0.25) is 4.79 Å². The van der Waals surface area contributed by atoms with Gasteiger partial charge in [-0.05, 0) is 24.3 Å². The van der Waals surface area contributed by atoms with Crippen molar-refractivity contribution in [2.75, 3.05) is 0 Å². The summed E-state index contributed by atoms with van der Waals surface area (Å²) >= 11 is 3.04. The quantitative estimate of drug-likeness (QED) is 0.852. The fourth-order valence-corrected chi connectivity index (χ4v) is 0.903. The number of rotatable bonds is 1. The maximum Gasteiger partial charge on any atom is 0.416 e. The van der Waals surface area contributed by atoms with Crippen molar-refractivity contribution < 1.29 is 23.1 Å². The lowest BCUT2D eigenvalue weighted by molar-refractivity contribution is -0.138. The number of hydrogen-bond acceptors (Lipinski definition) is 1. The molecule has 1 aromatic rings. The summed E-state index contributed by atoms with van der Waals surface area (Å²) in [5.41, 5.74) is -0.624. The fourth-order valence-electron chi connectivity index (χ4n) is 0.639. The maximum absolute atomic E-state index is 11.9. The molecule has 0 fully saturated rings. The van der Waals surface area contributed by atoms with Gasteiger partial charge in [-0.2, -0.15) is 13.2 Å². The predicted molar refractivity (Wildman–Crippen MR) is 57.1 cm³/mol. The summed E-state index contributed by atoms with van der Waals surface area (Å²) in [5.74, 6) is -0.745. The normalized spacial score (nSPS) is 10.3. The summed E-state index contributed by atoms with van der Waals surface area (Å²) in [5, 5.41) is 7.72. The summed E-state index contributed by atoms with van der Waals surface area (Å²) in [6.45, 7) is 1.60. The number of halogens is 4. The van der Waals surface area contributed by atoms with Gasteiger partial charge in [-0.1, -0.05) is 22.9 Å². The molecule has 0 aliphatic rings. The number of alkyl halides is 3. The summed E-state index contributed by atoms with van der Waals surface area (Å²) in [6.07, 6.45) is -4.01. The average molecular weight is 299 g/mol. The molecular weight excluding hydrogens is 289 g/mol. The van der Waals surface area contributed by atoms with Gasteiger partial charge < -0.3 is 5.11 Å². The van der Waals surface area contributed by atoms with Gasteiger partial charge >= 0.3 is 12.1 Å². The number of aliphatic carboxylic acids is 1. The van der Waals surface area contributed by atoms with E-state index in [2.05, 4.69) is 15.9 Å². The van der Waals surface area contributed by atoms with Crippen molar-refractivity contribution in [3.05, 3.63) is 34.3 Å². The lowest BCUT2D eigenvalue weighted by Gasteiger charge is -2.04. The lowest BCUT2D eigenvalue weighted by atomic mass is 10.2. The Bertz CT molecular complexity index is 333. The molecule has 16 heavy (non-hydrogen) atoms. The second-order valence-electron chi connectivity index (χ2n) is 2.75. The highest BCUT2D eigenvalue weighted by Gasteiger charge is 2.29. The predicted octanol–water partition coefficient (Wildman–Crippen LogP) is 3.95. The van der Waals surface area contributed by atoms with Gasteiger partial charge in [-0.15, -0.1) is 0 Å². The largest absolute Gasteiger partial charge is 0.481 e. The Balaban J connectivity index is 0.000000385. The van der Waals surface area contributed by atoms with Gasteiger partial charge in [0.2, 0.25) is 0 Å². The second-order valence-corrected chi connectivity index (χ2v) is 3.67. The minimum atomic E-state index is -4.24. The molecule has 0 aliphatic heterocycles. The smallest absolute Gasteiger partial charge is 0.416 e. The molecule has 0 amide bonds. The third-order valence-electron chi connectivity index (χ3n) is 1.47. The van der Waals surface area contributed by atoms with E-state index in [4.69, 9.17) is 5.11 Å². The first kappa shape index (κ1) is 15.0. The average Bonchev–Trinajstić information content (AvgIpc) is 2.18. The summed E-state index contributed by atoms with van der Waals surface area (Å²) in [6, 6.07) is 4.79. The van der Waals surface area contributed by atoms with Crippen molar-refractivity contribution in [2.45, 2.75) is 19.5 Å². The van der Waals surface area contributed by atoms with E-state index in [0.717, 1.165) is 12.1 Å². The van der Waals surface area contributed by atoms with Crippen LogP contribution in [0.1, 0.15) is 18.9 Å². The molecule has 90 valence electrons. The van der Waals surface area contributed by atoms with Crippen LogP contribution in [0.4, 0.5) is 13.2 Å². The monoisotopic (exact) mass is 298 g/mol. The van der Waals surface area contributed by atoms with E-state index in [1.54, 1.807) is 6.92 Å². The summed E-state index contributed by atoms with van der Waals surface area (Å²) < 4.78 is 36.4. The van der Waals surface area contributed by atoms with Gasteiger partial charge in [-0.25, -0.2) is 0 Å². The zero-order chi connectivity index (χ0) is 12.8. The first-order valence-electron chi connectivity index (χ1n) is 4.32. The molecule has 1 rings (SSSR count). The Hall–Kier alpha value is -1.04. The minimum Gasteiger partial charge on any atom is -0.481 e. The zero-order valence-corrected chi connectivity index (χ0v) is 9.97. The topological polar surface area (TPSA) is 37.3 Å². The van der Waals surface area contributed by atoms with E-state index in [0.29, 0.717) is 4.47 Å². The van der Waals surface area contributed by atoms with Gasteiger partial charge in [0.15, 0.2) is 0 Å². The van der Waals surface area contributed by atoms with Gasteiger partial charge in [0.25, 0.3) is 0 Å². The van der Waals surface area contributed by atoms with E-state index < -0.39 is 17.7 Å². The van der Waals surface area contributed by atoms with Crippen molar-refractivity contribution >= 4 is 21.9 Å². The SMILES string of the molecule is CCC(=O)O.FC(F)(F)c1ccc(Br)cc1. The van der Waals surface area contributed by atoms with Crippen LogP contribution in [-0.4, -0.2) is 11.1 Å². The van der Waals surface area contributed by atoms with E-state index in [1.165, 1.54) is 12.1 Å². The molecule has 1 N–H and O–H groups in total. The van der Waals surface area contributed by atoms with Crippen molar-refractivity contribution in [1.29, 1.82) is 0 Å². The number of carboxylic acid groups (broad SMARTS) is 1. The van der Waals surface area contributed by atoms with Crippen LogP contribution < -0.4 is 0 Å². The van der Waals surface area contributed by atoms with Crippen LogP contribution in [0.15, 0.2) is 28.7 Å². The first-order chi connectivity index (χ1) is 7.27. The Morgan fingerprint density at radius 2 is 1.69 bits per heavy atom. The van der Waals surface area contributed by atoms with Crippen LogP contribution >= 0.6 is 15.9 Å². The first-order valence-corrected chi connectivity index (χ1v) is 5.11. The lowest BCUT2D eigenvalue weighted by Crippen LogP contribution is -2.03. The third-order valence-corrected chi connectivity index (χ3v) is 2.00. The number of hydrogen-bond donors (Lipinski definition) is 1. The maximum atomic E-state index is 11.9. The standard InChI is InChI=1S/C7H4BrF3.C3H6O2/c8-6-3-1-5(2-4-6)7(9,10)11;1-2-3(4)5/h1-4H;2H2,1H3,(H,4,5). The minimum absolute atomic E-state index is 0.222. The Labute approximate surface area is 99.2 Å². The molecule has 1 aromatic carbocycles. The fraction of sp³-hybridized carbons (Fsp3) is 0.300. The molecule has 0 bridgehead atoms. The van der Waals surface area contributed by atoms with E-state index in [1.807, 2.05) is 0 Å². The Morgan fingerprint density at radius 3 is 1.94 bits per heavy atom. The van der Waals surface area contributed by atoms with Crippen molar-refractivity contribution in [2.24, 2.45) is 0 Å². The molecule has 0 radical (unpaired) electrons. The molecular formula is C10H10BrF3O2. The van der Waals surface area contributed by atoms with Crippen LogP contribution in [-0.2, 0) is 11.0 Å². The van der Waals surface area contributed by atoms with Crippen LogP contribution in [0, 0.1) is 0 Å². The van der Waals surface area contributed by atoms with Crippen molar-refractivity contribution in [1.82, 2.24) is 0 Å². The van der Waals surface area contributed by atoms with Crippen LogP contribution in [0.25, 0.3) is 0 Å². The van der Waals surface area contributed by atoms with Crippen molar-refractivity contribution in [3.8, 4) is 0 Å². The third kappa shape index (κ3) is 6.44. The van der Waals surface area contributed by atoms with Gasteiger partial charge in [0.1, 0.15) is 0 Å². The highest BCUT2D eigenvalue weighted by Crippen LogP contribution is 2.29. The van der Waals surface area contributed by atoms with E-state index >= 15 is 0 Å². The second kappa shape index (κ2) is 6.52. The van der Waals surface area contributed by atoms with E-state index in [-0.39, 0.29) is 6.42 Å². The molecule has 0 atom stereocenters. The van der Waals surface area contributed by atoms with E-state index in [9.17, 15) is 18.0 Å². The zero-order valence-electron chi connectivity index (χ0n) is 8.38. The highest BCUT2D eigenvalue weighted by molar-refractivity contribution is 9.10. The Morgan fingerprint density at radius 1 is 1.31 bits per heavy atom. The van der Waals surface area contributed by atoms with Crippen LogP contribution in [0.2, 0.25) is 0 Å². The summed E-state index contributed by atoms with van der Waals surface area (Å²) in [7, 11) is 0. The van der Waals surface area contributed by atoms with Crippen molar-refractivity contribution in [3.63, 3.8) is 0 Å². The van der Waals surface area contributed by atoms with Gasteiger partial charge in [0, 0.05) is 10.9 Å². The summed E-state index contributed by atoms with van der Waals surface area (Å²) in [4.78, 5) is 9.37. The van der Waals surface area contributed by atoms with Crippen LogP contribution in [0.5, 0.6) is 0 Å². The van der Waals surface area contributed by atoms with Gasteiger partial charge in [0.05, 0.1) is 5.56 Å². The molecule has 0 heterocycles. The molecule has 0 aliphatic carbocycles. The molecule has 0 saturated heterocycles. The number of carbonyl (C=O) groups is 1. The molecule has 0 spiro atoms.